The van der Waals surface area contributed by atoms with E-state index in [1.54, 1.807) is 11.8 Å². The van der Waals surface area contributed by atoms with Crippen molar-refractivity contribution in [2.45, 2.75) is 13.3 Å². The van der Waals surface area contributed by atoms with Crippen LogP contribution >= 0.6 is 11.8 Å². The molecule has 1 aliphatic heterocycles. The molecule has 1 atom stereocenters. The number of amides is 1. The summed E-state index contributed by atoms with van der Waals surface area (Å²) < 4.78 is 5.14. The normalized spacial score (nSPS) is 18.0. The number of rotatable bonds is 4. The van der Waals surface area contributed by atoms with Crippen molar-refractivity contribution in [3.05, 3.63) is 30.7 Å². The SMILES string of the molecule is CC(=O)SCC1CC(=O)N(c2ccc(-c3nnco3)cc2)C1. The van der Waals surface area contributed by atoms with Crippen molar-refractivity contribution in [3.63, 3.8) is 0 Å². The first kappa shape index (κ1) is 14.8. The van der Waals surface area contributed by atoms with Crippen LogP contribution in [0.3, 0.4) is 0 Å². The Labute approximate surface area is 131 Å². The van der Waals surface area contributed by atoms with Gasteiger partial charge in [0.25, 0.3) is 0 Å². The van der Waals surface area contributed by atoms with Crippen LogP contribution in [0.5, 0.6) is 0 Å². The Bertz CT molecular complexity index is 670. The standard InChI is InChI=1S/C15H15N3O3S/c1-10(19)22-8-11-6-14(20)18(7-11)13-4-2-12(3-5-13)15-17-16-9-21-15/h2-5,9,11H,6-8H2,1H3. The molecule has 2 heterocycles. The molecule has 0 saturated carbocycles. The van der Waals surface area contributed by atoms with Crippen molar-refractivity contribution in [3.8, 4) is 11.5 Å². The monoisotopic (exact) mass is 317 g/mol. The lowest BCUT2D eigenvalue weighted by atomic mass is 10.1. The third-order valence-corrected chi connectivity index (χ3v) is 4.56. The van der Waals surface area contributed by atoms with Gasteiger partial charge in [0.2, 0.25) is 18.2 Å². The Kier molecular flexibility index (Phi) is 4.24. The molecule has 3 rings (SSSR count). The van der Waals surface area contributed by atoms with Gasteiger partial charge < -0.3 is 9.32 Å². The molecule has 6 nitrogen and oxygen atoms in total. The van der Waals surface area contributed by atoms with Gasteiger partial charge in [0, 0.05) is 36.9 Å². The number of carbonyl (C=O) groups is 2. The van der Waals surface area contributed by atoms with E-state index in [-0.39, 0.29) is 16.9 Å². The fourth-order valence-electron chi connectivity index (χ4n) is 2.46. The van der Waals surface area contributed by atoms with Crippen LogP contribution in [0.1, 0.15) is 13.3 Å². The van der Waals surface area contributed by atoms with Crippen molar-refractivity contribution >= 4 is 28.5 Å². The molecular formula is C15H15N3O3S. The third kappa shape index (κ3) is 3.19. The fraction of sp³-hybridized carbons (Fsp3) is 0.333. The second kappa shape index (κ2) is 6.31. The predicted molar refractivity (Wildman–Crippen MR) is 83.3 cm³/mol. The van der Waals surface area contributed by atoms with Gasteiger partial charge in [-0.15, -0.1) is 10.2 Å². The maximum Gasteiger partial charge on any atom is 0.247 e. The quantitative estimate of drug-likeness (QED) is 0.861. The molecule has 1 unspecified atom stereocenters. The highest BCUT2D eigenvalue weighted by Gasteiger charge is 2.30. The van der Waals surface area contributed by atoms with E-state index in [1.807, 2.05) is 24.3 Å². The van der Waals surface area contributed by atoms with Crippen molar-refractivity contribution in [1.29, 1.82) is 0 Å². The van der Waals surface area contributed by atoms with Crippen LogP contribution in [0.2, 0.25) is 0 Å². The first-order valence-electron chi connectivity index (χ1n) is 6.94. The van der Waals surface area contributed by atoms with E-state index in [4.69, 9.17) is 4.42 Å². The maximum atomic E-state index is 12.1. The molecule has 2 aromatic rings. The highest BCUT2D eigenvalue weighted by Crippen LogP contribution is 2.29. The smallest absolute Gasteiger partial charge is 0.247 e. The van der Waals surface area contributed by atoms with Gasteiger partial charge in [-0.05, 0) is 30.2 Å². The summed E-state index contributed by atoms with van der Waals surface area (Å²) in [7, 11) is 0. The number of aromatic nitrogens is 2. The Hall–Kier alpha value is -2.15. The fourth-order valence-corrected chi connectivity index (χ4v) is 3.15. The van der Waals surface area contributed by atoms with Gasteiger partial charge in [-0.2, -0.15) is 0 Å². The number of thioether (sulfide) groups is 1. The van der Waals surface area contributed by atoms with Gasteiger partial charge >= 0.3 is 0 Å². The number of anilines is 1. The third-order valence-electron chi connectivity index (χ3n) is 3.51. The zero-order valence-electron chi connectivity index (χ0n) is 12.1. The topological polar surface area (TPSA) is 76.3 Å². The zero-order valence-corrected chi connectivity index (χ0v) is 12.9. The summed E-state index contributed by atoms with van der Waals surface area (Å²) in [4.78, 5) is 24.9. The second-order valence-electron chi connectivity index (χ2n) is 5.17. The number of nitrogens with zero attached hydrogens (tertiary/aromatic N) is 3. The molecule has 1 aliphatic rings. The Morgan fingerprint density at radius 1 is 1.41 bits per heavy atom. The number of carbonyl (C=O) groups excluding carboxylic acids is 2. The van der Waals surface area contributed by atoms with E-state index < -0.39 is 0 Å². The molecule has 7 heteroatoms. The van der Waals surface area contributed by atoms with E-state index in [0.29, 0.717) is 24.6 Å². The number of benzene rings is 1. The van der Waals surface area contributed by atoms with Crippen LogP contribution in [-0.2, 0) is 9.59 Å². The van der Waals surface area contributed by atoms with E-state index in [9.17, 15) is 9.59 Å². The average Bonchev–Trinajstić information content (AvgIpc) is 3.15. The first-order valence-corrected chi connectivity index (χ1v) is 7.92. The molecule has 1 fully saturated rings. The molecule has 0 spiro atoms. The summed E-state index contributed by atoms with van der Waals surface area (Å²) in [6.45, 7) is 2.20. The van der Waals surface area contributed by atoms with E-state index in [0.717, 1.165) is 11.3 Å². The second-order valence-corrected chi connectivity index (χ2v) is 6.36. The molecule has 0 bridgehead atoms. The number of hydrogen-bond acceptors (Lipinski definition) is 6. The molecule has 1 aromatic carbocycles. The Morgan fingerprint density at radius 2 is 2.18 bits per heavy atom. The van der Waals surface area contributed by atoms with Crippen LogP contribution in [0.25, 0.3) is 11.5 Å². The molecular weight excluding hydrogens is 302 g/mol. The van der Waals surface area contributed by atoms with Gasteiger partial charge in [0.05, 0.1) is 0 Å². The minimum atomic E-state index is 0.0924. The highest BCUT2D eigenvalue weighted by atomic mass is 32.2. The summed E-state index contributed by atoms with van der Waals surface area (Å²) >= 11 is 1.28. The van der Waals surface area contributed by atoms with Gasteiger partial charge in [-0.3, -0.25) is 9.59 Å². The predicted octanol–water partition coefficient (Wildman–Crippen LogP) is 2.37. The highest BCUT2D eigenvalue weighted by molar-refractivity contribution is 8.13. The summed E-state index contributed by atoms with van der Waals surface area (Å²) in [5.41, 5.74) is 1.67. The largest absolute Gasteiger partial charge is 0.423 e. The van der Waals surface area contributed by atoms with Crippen molar-refractivity contribution in [2.75, 3.05) is 17.2 Å². The molecule has 1 amide bonds. The molecule has 114 valence electrons. The Morgan fingerprint density at radius 3 is 2.82 bits per heavy atom. The van der Waals surface area contributed by atoms with Crippen LogP contribution < -0.4 is 4.90 Å². The van der Waals surface area contributed by atoms with Crippen molar-refractivity contribution in [2.24, 2.45) is 5.92 Å². The minimum Gasteiger partial charge on any atom is -0.423 e. The lowest BCUT2D eigenvalue weighted by Crippen LogP contribution is -2.24. The van der Waals surface area contributed by atoms with Gasteiger partial charge in [0.15, 0.2) is 5.12 Å². The van der Waals surface area contributed by atoms with Gasteiger partial charge in [0.1, 0.15) is 0 Å². The zero-order chi connectivity index (χ0) is 15.5. The summed E-state index contributed by atoms with van der Waals surface area (Å²) in [6, 6.07) is 7.46. The van der Waals surface area contributed by atoms with Crippen molar-refractivity contribution < 1.29 is 14.0 Å². The van der Waals surface area contributed by atoms with Crippen molar-refractivity contribution in [1.82, 2.24) is 10.2 Å². The van der Waals surface area contributed by atoms with Gasteiger partial charge in [-0.25, -0.2) is 0 Å². The van der Waals surface area contributed by atoms with Crippen LogP contribution in [0, 0.1) is 5.92 Å². The van der Waals surface area contributed by atoms with Crippen LogP contribution in [0.4, 0.5) is 5.69 Å². The van der Waals surface area contributed by atoms with Crippen LogP contribution in [-0.4, -0.2) is 33.5 Å². The average molecular weight is 317 g/mol. The lowest BCUT2D eigenvalue weighted by molar-refractivity contribution is -0.117. The summed E-state index contributed by atoms with van der Waals surface area (Å²) in [5.74, 6) is 1.46. The van der Waals surface area contributed by atoms with E-state index in [1.165, 1.54) is 18.2 Å². The molecule has 0 aliphatic carbocycles. The molecule has 0 radical (unpaired) electrons. The number of hydrogen-bond donors (Lipinski definition) is 0. The van der Waals surface area contributed by atoms with E-state index in [2.05, 4.69) is 10.2 Å². The molecule has 0 N–H and O–H groups in total. The molecule has 1 aromatic heterocycles. The Balaban J connectivity index is 1.69. The lowest BCUT2D eigenvalue weighted by Gasteiger charge is -2.16. The minimum absolute atomic E-state index is 0.0924. The summed E-state index contributed by atoms with van der Waals surface area (Å²) in [6.07, 6.45) is 1.77. The first-order chi connectivity index (χ1) is 10.6. The van der Waals surface area contributed by atoms with Gasteiger partial charge in [-0.1, -0.05) is 11.8 Å². The maximum absolute atomic E-state index is 12.1. The molecule has 1 saturated heterocycles. The van der Waals surface area contributed by atoms with Crippen LogP contribution in [0.15, 0.2) is 35.1 Å². The summed E-state index contributed by atoms with van der Waals surface area (Å²) in [5, 5.41) is 7.59. The molecule has 22 heavy (non-hydrogen) atoms. The van der Waals surface area contributed by atoms with E-state index >= 15 is 0 Å².